The lowest BCUT2D eigenvalue weighted by Crippen LogP contribution is -2.17. The van der Waals surface area contributed by atoms with E-state index in [1.165, 1.54) is 6.21 Å². The summed E-state index contributed by atoms with van der Waals surface area (Å²) in [6.45, 7) is 8.43. The van der Waals surface area contributed by atoms with Crippen molar-refractivity contribution in [2.24, 2.45) is 5.92 Å². The van der Waals surface area contributed by atoms with E-state index in [-0.39, 0.29) is 6.04 Å². The van der Waals surface area contributed by atoms with Crippen molar-refractivity contribution in [2.75, 3.05) is 0 Å². The number of hydroxylamine groups is 1. The van der Waals surface area contributed by atoms with Crippen molar-refractivity contribution >= 4 is 6.21 Å². The van der Waals surface area contributed by atoms with Gasteiger partial charge in [0.15, 0.2) is 12.4 Å². The van der Waals surface area contributed by atoms with Crippen LogP contribution in [-0.2, 0) is 6.54 Å². The highest BCUT2D eigenvalue weighted by Gasteiger charge is 2.15. The van der Waals surface area contributed by atoms with Gasteiger partial charge in [0.1, 0.15) is 0 Å². The summed E-state index contributed by atoms with van der Waals surface area (Å²) in [6, 6.07) is 9.79. The highest BCUT2D eigenvalue weighted by Crippen LogP contribution is 2.19. The van der Waals surface area contributed by atoms with Crippen LogP contribution in [-0.4, -0.2) is 20.5 Å². The molecule has 0 saturated carbocycles. The zero-order valence-corrected chi connectivity index (χ0v) is 12.5. The van der Waals surface area contributed by atoms with E-state index in [1.54, 1.807) is 6.20 Å². The lowest BCUT2D eigenvalue weighted by atomic mass is 10.0. The fraction of sp³-hybridized carbons (Fsp3) is 0.294. The van der Waals surface area contributed by atoms with Gasteiger partial charge in [-0.3, -0.25) is 0 Å². The van der Waals surface area contributed by atoms with E-state index in [1.807, 2.05) is 47.2 Å². The first-order valence-electron chi connectivity index (χ1n) is 7.09. The normalized spacial score (nSPS) is 13.4. The summed E-state index contributed by atoms with van der Waals surface area (Å²) in [5.74, 6) is 1.04. The predicted octanol–water partition coefficient (Wildman–Crippen LogP) is 3.40. The topological polar surface area (TPSA) is 43.9 Å². The van der Waals surface area contributed by atoms with Gasteiger partial charge in [0, 0.05) is 18.0 Å². The summed E-state index contributed by atoms with van der Waals surface area (Å²) in [4.78, 5) is 4.27. The van der Waals surface area contributed by atoms with Crippen molar-refractivity contribution in [3.8, 4) is 0 Å². The molecule has 0 bridgehead atoms. The third-order valence-corrected chi connectivity index (χ3v) is 3.39. The maximum absolute atomic E-state index is 12.1. The van der Waals surface area contributed by atoms with Crippen molar-refractivity contribution in [2.45, 2.75) is 26.4 Å². The average Bonchev–Trinajstić information content (AvgIpc) is 2.88. The summed E-state index contributed by atoms with van der Waals surface area (Å²) >= 11 is 0. The van der Waals surface area contributed by atoms with Crippen LogP contribution in [0.2, 0.25) is 0 Å². The van der Waals surface area contributed by atoms with E-state index in [2.05, 4.69) is 25.4 Å². The van der Waals surface area contributed by atoms with Gasteiger partial charge in [-0.25, -0.2) is 9.72 Å². The second-order valence-electron chi connectivity index (χ2n) is 5.35. The first-order valence-corrected chi connectivity index (χ1v) is 7.09. The first-order chi connectivity index (χ1) is 10.1. The summed E-state index contributed by atoms with van der Waals surface area (Å²) in [7, 11) is 0. The minimum Gasteiger partial charge on any atom is -0.623 e. The SMILES string of the molecule is C=C[C@H](C(C)C)n1ccnc1/C=[N+](\[O-])Cc1ccccc1. The average molecular weight is 283 g/mol. The molecule has 1 aromatic carbocycles. The van der Waals surface area contributed by atoms with Crippen LogP contribution in [0.25, 0.3) is 0 Å². The largest absolute Gasteiger partial charge is 0.623 e. The Balaban J connectivity index is 2.21. The van der Waals surface area contributed by atoms with Crippen molar-refractivity contribution in [1.29, 1.82) is 0 Å². The third-order valence-electron chi connectivity index (χ3n) is 3.39. The smallest absolute Gasteiger partial charge is 0.218 e. The molecule has 2 aromatic rings. The minimum atomic E-state index is 0.129. The van der Waals surface area contributed by atoms with Crippen molar-refractivity contribution in [3.63, 3.8) is 0 Å². The standard InChI is InChI=1S/C17H21N3O/c1-4-16(14(2)3)20-11-10-18-17(20)13-19(21)12-15-8-6-5-7-9-15/h4-11,13-14,16H,1,12H2,2-3H3/b19-13-/t16-/m1/s1. The maximum Gasteiger partial charge on any atom is 0.218 e. The Morgan fingerprint density at radius 2 is 2.05 bits per heavy atom. The molecule has 0 radical (unpaired) electrons. The van der Waals surface area contributed by atoms with Crippen LogP contribution in [0.15, 0.2) is 55.4 Å². The number of hydrogen-bond donors (Lipinski definition) is 0. The van der Waals surface area contributed by atoms with Gasteiger partial charge in [-0.1, -0.05) is 50.3 Å². The number of hydrogen-bond acceptors (Lipinski definition) is 2. The molecule has 1 aromatic heterocycles. The van der Waals surface area contributed by atoms with Gasteiger partial charge in [0.05, 0.1) is 6.04 Å². The number of benzene rings is 1. The number of imidazole rings is 1. The molecule has 2 rings (SSSR count). The summed E-state index contributed by atoms with van der Waals surface area (Å²) in [5, 5.41) is 12.1. The fourth-order valence-electron chi connectivity index (χ4n) is 2.32. The van der Waals surface area contributed by atoms with E-state index in [0.29, 0.717) is 18.3 Å². The molecule has 0 spiro atoms. The second-order valence-corrected chi connectivity index (χ2v) is 5.35. The highest BCUT2D eigenvalue weighted by molar-refractivity contribution is 5.70. The molecule has 4 nitrogen and oxygen atoms in total. The zero-order chi connectivity index (χ0) is 15.2. The Hall–Kier alpha value is -2.36. The number of allylic oxidation sites excluding steroid dienone is 1. The molecule has 110 valence electrons. The molecule has 0 fully saturated rings. The second kappa shape index (κ2) is 6.88. The molecule has 0 aliphatic rings. The Bertz CT molecular complexity index is 614. The Morgan fingerprint density at radius 3 is 2.67 bits per heavy atom. The zero-order valence-electron chi connectivity index (χ0n) is 12.5. The lowest BCUT2D eigenvalue weighted by Gasteiger charge is -2.19. The van der Waals surface area contributed by atoms with Crippen LogP contribution in [0.5, 0.6) is 0 Å². The number of nitrogens with zero attached hydrogens (tertiary/aromatic N) is 3. The van der Waals surface area contributed by atoms with Gasteiger partial charge in [-0.05, 0) is 5.92 Å². The molecule has 0 N–H and O–H groups in total. The molecule has 0 aliphatic carbocycles. The van der Waals surface area contributed by atoms with Crippen LogP contribution in [0.4, 0.5) is 0 Å². The number of aromatic nitrogens is 2. The van der Waals surface area contributed by atoms with Gasteiger partial charge >= 0.3 is 0 Å². The third kappa shape index (κ3) is 3.81. The first kappa shape index (κ1) is 15.0. The van der Waals surface area contributed by atoms with Crippen molar-refractivity contribution < 1.29 is 4.74 Å². The monoisotopic (exact) mass is 283 g/mol. The van der Waals surface area contributed by atoms with E-state index < -0.39 is 0 Å². The molecule has 1 heterocycles. The summed E-state index contributed by atoms with van der Waals surface area (Å²) < 4.78 is 2.89. The fourth-order valence-corrected chi connectivity index (χ4v) is 2.32. The van der Waals surface area contributed by atoms with Gasteiger partial charge in [0.2, 0.25) is 6.21 Å². The van der Waals surface area contributed by atoms with Crippen molar-refractivity contribution in [3.05, 3.63) is 72.0 Å². The van der Waals surface area contributed by atoms with Crippen LogP contribution in [0.3, 0.4) is 0 Å². The Labute approximate surface area is 125 Å². The molecule has 21 heavy (non-hydrogen) atoms. The van der Waals surface area contributed by atoms with E-state index >= 15 is 0 Å². The van der Waals surface area contributed by atoms with E-state index in [9.17, 15) is 5.21 Å². The lowest BCUT2D eigenvalue weighted by molar-refractivity contribution is -0.469. The maximum atomic E-state index is 12.1. The predicted molar refractivity (Wildman–Crippen MR) is 85.2 cm³/mol. The Morgan fingerprint density at radius 1 is 1.33 bits per heavy atom. The van der Waals surface area contributed by atoms with Gasteiger partial charge < -0.3 is 9.77 Å². The molecular weight excluding hydrogens is 262 g/mol. The van der Waals surface area contributed by atoms with Gasteiger partial charge in [-0.15, -0.1) is 6.58 Å². The van der Waals surface area contributed by atoms with E-state index in [0.717, 1.165) is 10.3 Å². The quantitative estimate of drug-likeness (QED) is 0.268. The van der Waals surface area contributed by atoms with Crippen LogP contribution < -0.4 is 0 Å². The molecule has 1 atom stereocenters. The van der Waals surface area contributed by atoms with E-state index in [4.69, 9.17) is 0 Å². The summed E-state index contributed by atoms with van der Waals surface area (Å²) in [6.07, 6.45) is 7.01. The van der Waals surface area contributed by atoms with Crippen molar-refractivity contribution in [1.82, 2.24) is 9.55 Å². The van der Waals surface area contributed by atoms with Crippen LogP contribution in [0, 0.1) is 11.1 Å². The van der Waals surface area contributed by atoms with Gasteiger partial charge in [0.25, 0.3) is 0 Å². The number of rotatable bonds is 6. The molecule has 4 heteroatoms. The van der Waals surface area contributed by atoms with Crippen LogP contribution >= 0.6 is 0 Å². The van der Waals surface area contributed by atoms with Gasteiger partial charge in [-0.2, -0.15) is 0 Å². The van der Waals surface area contributed by atoms with Crippen LogP contribution in [0.1, 0.15) is 31.3 Å². The molecular formula is C17H21N3O. The minimum absolute atomic E-state index is 0.129. The summed E-state index contributed by atoms with van der Waals surface area (Å²) in [5.41, 5.74) is 0.978. The Kier molecular flexibility index (Phi) is 4.93. The highest BCUT2D eigenvalue weighted by atomic mass is 16.5. The molecule has 0 amide bonds. The molecule has 0 aliphatic heterocycles. The molecule has 0 saturated heterocycles. The molecule has 0 unspecified atom stereocenters.